The second kappa shape index (κ2) is 6.15. The summed E-state index contributed by atoms with van der Waals surface area (Å²) >= 11 is 1.82. The number of nitrogens with zero attached hydrogens (tertiary/aromatic N) is 1. The Hall–Kier alpha value is -0.420. The Labute approximate surface area is 114 Å². The summed E-state index contributed by atoms with van der Waals surface area (Å²) in [6.07, 6.45) is 2.60. The second-order valence-electron chi connectivity index (χ2n) is 5.28. The third-order valence-electron chi connectivity index (χ3n) is 3.64. The van der Waals surface area contributed by atoms with Gasteiger partial charge >= 0.3 is 0 Å². The van der Waals surface area contributed by atoms with Crippen LogP contribution in [0.2, 0.25) is 0 Å². The van der Waals surface area contributed by atoms with Crippen LogP contribution in [0.5, 0.6) is 0 Å². The average Bonchev–Trinajstić information content (AvgIpc) is 3.10. The molecule has 1 aliphatic rings. The Morgan fingerprint density at radius 1 is 1.56 bits per heavy atom. The Morgan fingerprint density at radius 2 is 2.33 bits per heavy atom. The Bertz CT molecular complexity index is 351. The topological polar surface area (TPSA) is 38.5 Å². The molecule has 0 amide bonds. The van der Waals surface area contributed by atoms with Gasteiger partial charge in [-0.2, -0.15) is 0 Å². The molecule has 0 radical (unpaired) electrons. The van der Waals surface area contributed by atoms with E-state index in [0.29, 0.717) is 12.6 Å². The summed E-state index contributed by atoms with van der Waals surface area (Å²) in [6, 6.07) is 5.02. The maximum absolute atomic E-state index is 6.02. The lowest BCUT2D eigenvalue weighted by Gasteiger charge is -2.40. The molecule has 1 aromatic rings. The zero-order valence-electron chi connectivity index (χ0n) is 11.4. The van der Waals surface area contributed by atoms with Crippen LogP contribution in [0.15, 0.2) is 17.5 Å². The summed E-state index contributed by atoms with van der Waals surface area (Å²) in [7, 11) is 0. The lowest BCUT2D eigenvalue weighted by atomic mass is 10.0. The summed E-state index contributed by atoms with van der Waals surface area (Å²) in [5.41, 5.74) is 5.98. The fourth-order valence-corrected chi connectivity index (χ4v) is 3.00. The van der Waals surface area contributed by atoms with Crippen molar-refractivity contribution in [3.8, 4) is 0 Å². The third kappa shape index (κ3) is 3.32. The molecule has 0 saturated heterocycles. The molecule has 3 nitrogen and oxygen atoms in total. The van der Waals surface area contributed by atoms with E-state index >= 15 is 0 Å². The predicted molar refractivity (Wildman–Crippen MR) is 76.8 cm³/mol. The molecule has 18 heavy (non-hydrogen) atoms. The number of ether oxygens (including phenoxy) is 1. The normalized spacial score (nSPS) is 19.1. The van der Waals surface area contributed by atoms with Gasteiger partial charge in [0, 0.05) is 30.6 Å². The van der Waals surface area contributed by atoms with Crippen LogP contribution in [0, 0.1) is 0 Å². The smallest absolute Gasteiger partial charge is 0.0660 e. The summed E-state index contributed by atoms with van der Waals surface area (Å²) in [6.45, 7) is 7.40. The predicted octanol–water partition coefficient (Wildman–Crippen LogP) is 2.47. The van der Waals surface area contributed by atoms with Crippen molar-refractivity contribution in [2.45, 2.75) is 44.8 Å². The molecule has 2 N–H and O–H groups in total. The first-order chi connectivity index (χ1) is 8.69. The molecule has 0 aromatic carbocycles. The Morgan fingerprint density at radius 3 is 2.83 bits per heavy atom. The highest BCUT2D eigenvalue weighted by Gasteiger charge is 2.40. The van der Waals surface area contributed by atoms with Crippen LogP contribution in [0.1, 0.15) is 31.6 Å². The number of rotatable bonds is 8. The zero-order valence-corrected chi connectivity index (χ0v) is 12.2. The van der Waals surface area contributed by atoms with Gasteiger partial charge in [-0.25, -0.2) is 0 Å². The van der Waals surface area contributed by atoms with Gasteiger partial charge in [0.25, 0.3) is 0 Å². The minimum Gasteiger partial charge on any atom is -0.380 e. The molecular formula is C14H24N2OS. The monoisotopic (exact) mass is 268 g/mol. The van der Waals surface area contributed by atoms with Crippen molar-refractivity contribution >= 4 is 11.3 Å². The van der Waals surface area contributed by atoms with E-state index in [4.69, 9.17) is 10.5 Å². The summed E-state index contributed by atoms with van der Waals surface area (Å²) in [4.78, 5) is 3.96. The van der Waals surface area contributed by atoms with Gasteiger partial charge in [0.15, 0.2) is 0 Å². The van der Waals surface area contributed by atoms with E-state index in [2.05, 4.69) is 29.3 Å². The van der Waals surface area contributed by atoms with Crippen LogP contribution in [0.25, 0.3) is 0 Å². The zero-order chi connectivity index (χ0) is 13.0. The molecule has 0 spiro atoms. The number of thiophene rings is 1. The molecule has 102 valence electrons. The van der Waals surface area contributed by atoms with Crippen LogP contribution in [-0.2, 0) is 11.3 Å². The van der Waals surface area contributed by atoms with Gasteiger partial charge < -0.3 is 10.5 Å². The van der Waals surface area contributed by atoms with Crippen molar-refractivity contribution in [1.82, 2.24) is 4.90 Å². The molecule has 1 aromatic heterocycles. The van der Waals surface area contributed by atoms with E-state index in [1.165, 1.54) is 17.7 Å². The van der Waals surface area contributed by atoms with Crippen LogP contribution in [0.4, 0.5) is 0 Å². The van der Waals surface area contributed by atoms with E-state index in [1.54, 1.807) is 0 Å². The summed E-state index contributed by atoms with van der Waals surface area (Å²) < 4.78 is 5.65. The van der Waals surface area contributed by atoms with E-state index in [9.17, 15) is 0 Å². The quantitative estimate of drug-likeness (QED) is 0.787. The van der Waals surface area contributed by atoms with Crippen molar-refractivity contribution in [3.05, 3.63) is 22.4 Å². The van der Waals surface area contributed by atoms with Gasteiger partial charge in [0.05, 0.1) is 12.1 Å². The third-order valence-corrected chi connectivity index (χ3v) is 4.51. The van der Waals surface area contributed by atoms with Crippen LogP contribution < -0.4 is 5.73 Å². The molecule has 4 heteroatoms. The minimum atomic E-state index is -0.0405. The lowest BCUT2D eigenvalue weighted by Crippen LogP contribution is -2.55. The standard InChI is InChI=1S/C14H24N2OS/c1-3-17-11-14(2,10-15)16(12-6-7-12)9-13-5-4-8-18-13/h4-5,8,12H,3,6-7,9-11,15H2,1-2H3. The second-order valence-corrected chi connectivity index (χ2v) is 6.31. The van der Waals surface area contributed by atoms with Gasteiger partial charge in [-0.1, -0.05) is 6.07 Å². The first kappa shape index (κ1) is 14.0. The van der Waals surface area contributed by atoms with Gasteiger partial charge in [-0.05, 0) is 38.1 Å². The van der Waals surface area contributed by atoms with Crippen molar-refractivity contribution < 1.29 is 4.74 Å². The van der Waals surface area contributed by atoms with E-state index in [0.717, 1.165) is 19.8 Å². The molecule has 1 atom stereocenters. The SMILES string of the molecule is CCOCC(C)(CN)N(Cc1cccs1)C1CC1. The molecule has 0 aliphatic heterocycles. The van der Waals surface area contributed by atoms with Gasteiger partial charge in [-0.3, -0.25) is 4.90 Å². The highest BCUT2D eigenvalue weighted by molar-refractivity contribution is 7.09. The van der Waals surface area contributed by atoms with Crippen LogP contribution in [0.3, 0.4) is 0 Å². The van der Waals surface area contributed by atoms with Gasteiger partial charge in [-0.15, -0.1) is 11.3 Å². The van der Waals surface area contributed by atoms with Crippen LogP contribution in [-0.4, -0.2) is 36.2 Å². The molecule has 2 rings (SSSR count). The van der Waals surface area contributed by atoms with Crippen molar-refractivity contribution in [2.24, 2.45) is 5.73 Å². The van der Waals surface area contributed by atoms with E-state index < -0.39 is 0 Å². The Kier molecular flexibility index (Phi) is 4.78. The minimum absolute atomic E-state index is 0.0405. The van der Waals surface area contributed by atoms with Crippen molar-refractivity contribution in [3.63, 3.8) is 0 Å². The van der Waals surface area contributed by atoms with Gasteiger partial charge in [0.2, 0.25) is 0 Å². The summed E-state index contributed by atoms with van der Waals surface area (Å²) in [5, 5.41) is 2.14. The first-order valence-electron chi connectivity index (χ1n) is 6.76. The summed E-state index contributed by atoms with van der Waals surface area (Å²) in [5.74, 6) is 0. The number of hydrogen-bond donors (Lipinski definition) is 1. The highest BCUT2D eigenvalue weighted by Crippen LogP contribution is 2.35. The average molecular weight is 268 g/mol. The fourth-order valence-electron chi connectivity index (χ4n) is 2.30. The van der Waals surface area contributed by atoms with E-state index in [1.807, 2.05) is 18.3 Å². The van der Waals surface area contributed by atoms with Crippen molar-refractivity contribution in [2.75, 3.05) is 19.8 Å². The molecule has 1 saturated carbocycles. The number of hydrogen-bond acceptors (Lipinski definition) is 4. The van der Waals surface area contributed by atoms with Crippen molar-refractivity contribution in [1.29, 1.82) is 0 Å². The molecule has 1 fully saturated rings. The first-order valence-corrected chi connectivity index (χ1v) is 7.64. The number of nitrogens with two attached hydrogens (primary N) is 1. The maximum atomic E-state index is 6.02. The van der Waals surface area contributed by atoms with E-state index in [-0.39, 0.29) is 5.54 Å². The fraction of sp³-hybridized carbons (Fsp3) is 0.714. The molecule has 1 unspecified atom stereocenters. The lowest BCUT2D eigenvalue weighted by molar-refractivity contribution is 0.00104. The van der Waals surface area contributed by atoms with Gasteiger partial charge in [0.1, 0.15) is 0 Å². The molecule has 0 bridgehead atoms. The molecular weight excluding hydrogens is 244 g/mol. The molecule has 1 heterocycles. The van der Waals surface area contributed by atoms with Crippen LogP contribution >= 0.6 is 11.3 Å². The highest BCUT2D eigenvalue weighted by atomic mass is 32.1. The maximum Gasteiger partial charge on any atom is 0.0660 e. The largest absolute Gasteiger partial charge is 0.380 e. The molecule has 1 aliphatic carbocycles. The Balaban J connectivity index is 2.06.